The van der Waals surface area contributed by atoms with E-state index in [-0.39, 0.29) is 19.2 Å². The molecule has 0 fully saturated rings. The highest BCUT2D eigenvalue weighted by atomic mass is 19.4. The van der Waals surface area contributed by atoms with Crippen LogP contribution in [0.2, 0.25) is 0 Å². The second kappa shape index (κ2) is 5.60. The Bertz CT molecular complexity index is 727. The number of halogens is 3. The lowest BCUT2D eigenvalue weighted by Crippen LogP contribution is -2.37. The summed E-state index contributed by atoms with van der Waals surface area (Å²) in [5.41, 5.74) is -0.00802. The number of hydrogen-bond acceptors (Lipinski definition) is 4. The Labute approximate surface area is 129 Å². The summed E-state index contributed by atoms with van der Waals surface area (Å²) in [5.74, 6) is -1.60. The first-order valence-electron chi connectivity index (χ1n) is 6.91. The summed E-state index contributed by atoms with van der Waals surface area (Å²) in [4.78, 5) is 17.2. The van der Waals surface area contributed by atoms with Crippen molar-refractivity contribution in [1.82, 2.24) is 9.88 Å². The molecule has 5 nitrogen and oxygen atoms in total. The molecule has 0 aliphatic carbocycles. The van der Waals surface area contributed by atoms with Crippen LogP contribution in [0.3, 0.4) is 0 Å². The normalized spacial score (nSPS) is 18.1. The third kappa shape index (κ3) is 3.01. The van der Waals surface area contributed by atoms with Gasteiger partial charge in [-0.3, -0.25) is 4.79 Å². The van der Waals surface area contributed by atoms with Crippen LogP contribution in [0.1, 0.15) is 28.7 Å². The minimum absolute atomic E-state index is 0.142. The molecule has 122 valence electrons. The fourth-order valence-corrected chi connectivity index (χ4v) is 2.49. The molecule has 0 saturated heterocycles. The Kier molecular flexibility index (Phi) is 3.75. The second-order valence-electron chi connectivity index (χ2n) is 5.25. The molecule has 1 atom stereocenters. The number of rotatable bonds is 1. The fourth-order valence-electron chi connectivity index (χ4n) is 2.49. The highest BCUT2D eigenvalue weighted by Crippen LogP contribution is 2.33. The van der Waals surface area contributed by atoms with Crippen LogP contribution in [0.15, 0.2) is 35.1 Å². The molecule has 2 aromatic rings. The van der Waals surface area contributed by atoms with E-state index in [1.54, 1.807) is 31.2 Å². The molecule has 1 amide bonds. The van der Waals surface area contributed by atoms with Gasteiger partial charge in [-0.1, -0.05) is 18.2 Å². The summed E-state index contributed by atoms with van der Waals surface area (Å²) >= 11 is 0. The highest BCUT2D eigenvalue weighted by Gasteiger charge is 2.42. The van der Waals surface area contributed by atoms with E-state index in [2.05, 4.69) is 9.40 Å². The molecule has 0 saturated carbocycles. The summed E-state index contributed by atoms with van der Waals surface area (Å²) in [6, 6.07) is 7.10. The minimum atomic E-state index is -4.77. The van der Waals surface area contributed by atoms with Crippen molar-refractivity contribution in [2.75, 3.05) is 6.54 Å². The van der Waals surface area contributed by atoms with Crippen LogP contribution in [-0.4, -0.2) is 28.4 Å². The van der Waals surface area contributed by atoms with E-state index in [0.29, 0.717) is 12.1 Å². The molecule has 1 aliphatic heterocycles. The third-order valence-corrected chi connectivity index (χ3v) is 3.45. The Morgan fingerprint density at radius 3 is 2.83 bits per heavy atom. The maximum atomic E-state index is 12.9. The molecule has 0 spiro atoms. The van der Waals surface area contributed by atoms with Crippen LogP contribution in [0.5, 0.6) is 5.75 Å². The zero-order valence-electron chi connectivity index (χ0n) is 12.1. The van der Waals surface area contributed by atoms with Crippen LogP contribution >= 0.6 is 0 Å². The summed E-state index contributed by atoms with van der Waals surface area (Å²) in [7, 11) is 0. The van der Waals surface area contributed by atoms with E-state index in [0.717, 1.165) is 5.56 Å². The number of fused-ring (bicyclic) bond motifs is 1. The Balaban J connectivity index is 1.93. The van der Waals surface area contributed by atoms with Crippen LogP contribution < -0.4 is 4.74 Å². The van der Waals surface area contributed by atoms with Crippen molar-refractivity contribution < 1.29 is 27.1 Å². The molecule has 1 aromatic heterocycles. The zero-order valence-corrected chi connectivity index (χ0v) is 12.1. The summed E-state index contributed by atoms with van der Waals surface area (Å²) < 4.78 is 48.7. The van der Waals surface area contributed by atoms with Gasteiger partial charge in [0.2, 0.25) is 5.76 Å². The highest BCUT2D eigenvalue weighted by molar-refractivity contribution is 5.93. The molecule has 1 unspecified atom stereocenters. The number of carbonyl (C=O) groups is 1. The van der Waals surface area contributed by atoms with Crippen LogP contribution in [0, 0.1) is 0 Å². The van der Waals surface area contributed by atoms with Crippen LogP contribution in [0.4, 0.5) is 13.2 Å². The molecule has 8 heteroatoms. The van der Waals surface area contributed by atoms with Gasteiger partial charge in [0.05, 0.1) is 6.54 Å². The standard InChI is InChI=1S/C15H13F3N2O3/c1-9-6-20(7-10-4-2-3-5-11(10)23-9)14(21)12-13(15(16,17)18)22-8-19-12/h2-5,8-9H,6-7H2,1H3. The smallest absolute Gasteiger partial charge is 0.452 e. The van der Waals surface area contributed by atoms with E-state index in [1.807, 2.05) is 0 Å². The Hall–Kier alpha value is -2.51. The first kappa shape index (κ1) is 15.4. The van der Waals surface area contributed by atoms with Crippen molar-refractivity contribution in [3.05, 3.63) is 47.7 Å². The molecule has 0 N–H and O–H groups in total. The van der Waals surface area contributed by atoms with E-state index < -0.39 is 23.5 Å². The van der Waals surface area contributed by atoms with E-state index in [9.17, 15) is 18.0 Å². The average Bonchev–Trinajstić information content (AvgIpc) is 2.91. The van der Waals surface area contributed by atoms with Crippen LogP contribution in [-0.2, 0) is 12.7 Å². The molecule has 2 heterocycles. The largest absolute Gasteiger partial charge is 0.489 e. The summed E-state index contributed by atoms with van der Waals surface area (Å²) in [5, 5.41) is 0. The van der Waals surface area contributed by atoms with Crippen LogP contribution in [0.25, 0.3) is 0 Å². The van der Waals surface area contributed by atoms with Crippen molar-refractivity contribution in [3.63, 3.8) is 0 Å². The number of carbonyl (C=O) groups excluding carboxylic acids is 1. The van der Waals surface area contributed by atoms with Gasteiger partial charge in [0.15, 0.2) is 12.1 Å². The van der Waals surface area contributed by atoms with Gasteiger partial charge in [-0.05, 0) is 13.0 Å². The molecule has 1 aromatic carbocycles. The van der Waals surface area contributed by atoms with E-state index in [1.165, 1.54) is 4.90 Å². The number of ether oxygens (including phenoxy) is 1. The van der Waals surface area contributed by atoms with Gasteiger partial charge in [0.1, 0.15) is 11.9 Å². The lowest BCUT2D eigenvalue weighted by molar-refractivity contribution is -0.153. The zero-order chi connectivity index (χ0) is 16.6. The van der Waals surface area contributed by atoms with Gasteiger partial charge < -0.3 is 14.1 Å². The number of hydrogen-bond donors (Lipinski definition) is 0. The maximum Gasteiger partial charge on any atom is 0.452 e. The van der Waals surface area contributed by atoms with E-state index >= 15 is 0 Å². The predicted octanol–water partition coefficient (Wildman–Crippen LogP) is 3.12. The lowest BCUT2D eigenvalue weighted by Gasteiger charge is -2.21. The first-order valence-corrected chi connectivity index (χ1v) is 6.91. The number of benzene rings is 1. The van der Waals surface area contributed by atoms with Crippen molar-refractivity contribution >= 4 is 5.91 Å². The molecular weight excluding hydrogens is 313 g/mol. The molecular formula is C15H13F3N2O3. The van der Waals surface area contributed by atoms with Crippen molar-refractivity contribution in [1.29, 1.82) is 0 Å². The number of nitrogens with zero attached hydrogens (tertiary/aromatic N) is 2. The summed E-state index contributed by atoms with van der Waals surface area (Å²) in [6.07, 6.45) is -4.50. The lowest BCUT2D eigenvalue weighted by atomic mass is 10.2. The van der Waals surface area contributed by atoms with Gasteiger partial charge in [-0.15, -0.1) is 0 Å². The molecule has 1 aliphatic rings. The van der Waals surface area contributed by atoms with Crippen molar-refractivity contribution in [2.24, 2.45) is 0 Å². The number of alkyl halides is 3. The minimum Gasteiger partial charge on any atom is -0.489 e. The number of oxazole rings is 1. The number of amides is 1. The Morgan fingerprint density at radius 2 is 2.09 bits per heavy atom. The molecule has 0 bridgehead atoms. The van der Waals surface area contributed by atoms with Gasteiger partial charge in [-0.2, -0.15) is 13.2 Å². The van der Waals surface area contributed by atoms with Gasteiger partial charge in [0, 0.05) is 12.1 Å². The molecule has 0 radical (unpaired) electrons. The maximum absolute atomic E-state index is 12.9. The van der Waals surface area contributed by atoms with Gasteiger partial charge >= 0.3 is 6.18 Å². The topological polar surface area (TPSA) is 55.6 Å². The first-order chi connectivity index (χ1) is 10.9. The predicted molar refractivity (Wildman–Crippen MR) is 72.8 cm³/mol. The van der Waals surface area contributed by atoms with Gasteiger partial charge in [0.25, 0.3) is 5.91 Å². The monoisotopic (exact) mass is 326 g/mol. The number of para-hydroxylation sites is 1. The third-order valence-electron chi connectivity index (χ3n) is 3.45. The average molecular weight is 326 g/mol. The van der Waals surface area contributed by atoms with Crippen molar-refractivity contribution in [2.45, 2.75) is 25.7 Å². The Morgan fingerprint density at radius 1 is 1.35 bits per heavy atom. The van der Waals surface area contributed by atoms with E-state index in [4.69, 9.17) is 4.74 Å². The quantitative estimate of drug-likeness (QED) is 0.808. The molecule has 3 rings (SSSR count). The summed E-state index contributed by atoms with van der Waals surface area (Å²) in [6.45, 7) is 2.04. The number of aromatic nitrogens is 1. The fraction of sp³-hybridized carbons (Fsp3) is 0.333. The molecule has 23 heavy (non-hydrogen) atoms. The second-order valence-corrected chi connectivity index (χ2v) is 5.25. The van der Waals surface area contributed by atoms with Crippen molar-refractivity contribution in [3.8, 4) is 5.75 Å². The SMILES string of the molecule is CC1CN(C(=O)c2ncoc2C(F)(F)F)Cc2ccccc2O1. The van der Waals surface area contributed by atoms with Gasteiger partial charge in [-0.25, -0.2) is 4.98 Å².